The summed E-state index contributed by atoms with van der Waals surface area (Å²) in [4.78, 5) is 4.17. The minimum atomic E-state index is 0.524. The van der Waals surface area contributed by atoms with E-state index < -0.39 is 0 Å². The first kappa shape index (κ1) is 19.6. The van der Waals surface area contributed by atoms with Crippen LogP contribution in [0.2, 0.25) is 10.0 Å². The van der Waals surface area contributed by atoms with Gasteiger partial charge in [-0.15, -0.1) is 10.2 Å². The highest BCUT2D eigenvalue weighted by Gasteiger charge is 2.14. The van der Waals surface area contributed by atoms with Gasteiger partial charge in [0, 0.05) is 34.3 Å². The Morgan fingerprint density at radius 2 is 1.86 bits per heavy atom. The third-order valence-electron chi connectivity index (χ3n) is 4.02. The predicted molar refractivity (Wildman–Crippen MR) is 119 cm³/mol. The van der Waals surface area contributed by atoms with E-state index in [1.165, 1.54) is 5.56 Å². The van der Waals surface area contributed by atoms with E-state index in [2.05, 4.69) is 32.4 Å². The van der Waals surface area contributed by atoms with Crippen LogP contribution in [-0.4, -0.2) is 26.1 Å². The summed E-state index contributed by atoms with van der Waals surface area (Å²) in [7, 11) is 0. The second kappa shape index (κ2) is 9.22. The largest absolute Gasteiger partial charge is 0.264 e. The predicted octanol–water partition coefficient (Wildman–Crippen LogP) is 5.82. The van der Waals surface area contributed by atoms with Crippen LogP contribution in [0.15, 0.2) is 83.3 Å². The molecule has 0 aliphatic rings. The molecule has 4 rings (SSSR count). The van der Waals surface area contributed by atoms with Gasteiger partial charge in [0.1, 0.15) is 0 Å². The summed E-state index contributed by atoms with van der Waals surface area (Å²) in [6.45, 7) is 0. The topological polar surface area (TPSA) is 56.0 Å². The Labute approximate surface area is 182 Å². The lowest BCUT2D eigenvalue weighted by Crippen LogP contribution is -1.98. The zero-order valence-corrected chi connectivity index (χ0v) is 17.4. The molecule has 0 unspecified atom stereocenters. The highest BCUT2D eigenvalue weighted by Crippen LogP contribution is 2.26. The molecule has 29 heavy (non-hydrogen) atoms. The van der Waals surface area contributed by atoms with Gasteiger partial charge >= 0.3 is 0 Å². The monoisotopic (exact) mass is 439 g/mol. The molecule has 0 aliphatic heterocycles. The molecule has 144 valence electrons. The molecule has 0 bridgehead atoms. The Balaban J connectivity index is 1.68. The second-order valence-electron chi connectivity index (χ2n) is 6.04. The zero-order chi connectivity index (χ0) is 20.1. The molecule has 2 heterocycles. The summed E-state index contributed by atoms with van der Waals surface area (Å²) >= 11 is 13.8. The van der Waals surface area contributed by atoms with E-state index in [1.54, 1.807) is 47.2 Å². The third kappa shape index (κ3) is 4.85. The van der Waals surface area contributed by atoms with Gasteiger partial charge in [0.05, 0.1) is 11.2 Å². The van der Waals surface area contributed by atoms with Crippen LogP contribution in [0.25, 0.3) is 11.4 Å². The minimum absolute atomic E-state index is 0.524. The molecule has 4 aromatic rings. The number of hydrogen-bond acceptors (Lipinski definition) is 5. The van der Waals surface area contributed by atoms with Gasteiger partial charge in [0.25, 0.3) is 0 Å². The maximum absolute atomic E-state index is 6.28. The molecular formula is C21H15Cl2N5S. The number of thioether (sulfide) groups is 1. The van der Waals surface area contributed by atoms with Crippen molar-refractivity contribution in [1.29, 1.82) is 0 Å². The summed E-state index contributed by atoms with van der Waals surface area (Å²) in [6, 6.07) is 19.2. The van der Waals surface area contributed by atoms with Crippen molar-refractivity contribution in [3.8, 4) is 11.4 Å². The molecule has 0 spiro atoms. The van der Waals surface area contributed by atoms with Crippen molar-refractivity contribution in [2.24, 2.45) is 5.10 Å². The van der Waals surface area contributed by atoms with Crippen LogP contribution < -0.4 is 0 Å². The van der Waals surface area contributed by atoms with Gasteiger partial charge in [-0.2, -0.15) is 9.78 Å². The Morgan fingerprint density at radius 3 is 2.62 bits per heavy atom. The molecule has 0 fully saturated rings. The quantitative estimate of drug-likeness (QED) is 0.280. The van der Waals surface area contributed by atoms with E-state index in [4.69, 9.17) is 23.2 Å². The number of nitrogens with zero attached hydrogens (tertiary/aromatic N) is 5. The molecule has 0 radical (unpaired) electrons. The van der Waals surface area contributed by atoms with E-state index in [9.17, 15) is 0 Å². The number of pyridine rings is 1. The average molecular weight is 440 g/mol. The number of hydrogen-bond donors (Lipinski definition) is 0. The highest BCUT2D eigenvalue weighted by atomic mass is 35.5. The van der Waals surface area contributed by atoms with E-state index in [0.717, 1.165) is 16.9 Å². The minimum Gasteiger partial charge on any atom is -0.264 e. The molecule has 0 saturated heterocycles. The van der Waals surface area contributed by atoms with E-state index in [0.29, 0.717) is 21.0 Å². The molecule has 2 aromatic heterocycles. The van der Waals surface area contributed by atoms with E-state index >= 15 is 0 Å². The molecule has 0 saturated carbocycles. The smallest absolute Gasteiger partial charge is 0.212 e. The Hall–Kier alpha value is -2.67. The SMILES string of the molecule is Clc1ccc(/C=N/n2c(SCc3ccccc3)nnc2-c2cccnc2)c(Cl)c1. The molecule has 2 aromatic carbocycles. The molecule has 0 N–H and O–H groups in total. The molecule has 0 atom stereocenters. The van der Waals surface area contributed by atoms with Crippen LogP contribution in [-0.2, 0) is 5.75 Å². The van der Waals surface area contributed by atoms with Crippen molar-refractivity contribution in [2.75, 3.05) is 0 Å². The molecule has 5 nitrogen and oxygen atoms in total. The van der Waals surface area contributed by atoms with Gasteiger partial charge in [0.2, 0.25) is 5.16 Å². The van der Waals surface area contributed by atoms with Crippen LogP contribution in [0.5, 0.6) is 0 Å². The fraction of sp³-hybridized carbons (Fsp3) is 0.0476. The number of aromatic nitrogens is 4. The maximum Gasteiger partial charge on any atom is 0.212 e. The van der Waals surface area contributed by atoms with E-state index in [-0.39, 0.29) is 0 Å². The van der Waals surface area contributed by atoms with Gasteiger partial charge in [-0.25, -0.2) is 0 Å². The number of benzene rings is 2. The summed E-state index contributed by atoms with van der Waals surface area (Å²) in [5.41, 5.74) is 2.77. The summed E-state index contributed by atoms with van der Waals surface area (Å²) in [5.74, 6) is 1.36. The lowest BCUT2D eigenvalue weighted by atomic mass is 10.2. The standard InChI is InChI=1S/C21H15Cl2N5S/c22-18-9-8-16(19(23)11-18)13-25-28-20(17-7-4-10-24-12-17)26-27-21(28)29-14-15-5-2-1-3-6-15/h1-13H,14H2/b25-13+. The number of halogens is 2. The molecular weight excluding hydrogens is 425 g/mol. The van der Waals surface area contributed by atoms with E-state index in [1.807, 2.05) is 36.4 Å². The second-order valence-corrected chi connectivity index (χ2v) is 7.83. The third-order valence-corrected chi connectivity index (χ3v) is 5.57. The van der Waals surface area contributed by atoms with Crippen LogP contribution in [0, 0.1) is 0 Å². The van der Waals surface area contributed by atoms with Crippen LogP contribution in [0.1, 0.15) is 11.1 Å². The fourth-order valence-electron chi connectivity index (χ4n) is 2.58. The lowest BCUT2D eigenvalue weighted by Gasteiger charge is -2.05. The zero-order valence-electron chi connectivity index (χ0n) is 15.1. The fourth-order valence-corrected chi connectivity index (χ4v) is 3.88. The van der Waals surface area contributed by atoms with Crippen LogP contribution in [0.3, 0.4) is 0 Å². The van der Waals surface area contributed by atoms with Crippen molar-refractivity contribution >= 4 is 41.2 Å². The first-order valence-corrected chi connectivity index (χ1v) is 10.5. The van der Waals surface area contributed by atoms with Crippen LogP contribution in [0.4, 0.5) is 0 Å². The molecule has 0 aliphatic carbocycles. The van der Waals surface area contributed by atoms with Gasteiger partial charge in [0.15, 0.2) is 5.82 Å². The maximum atomic E-state index is 6.28. The first-order chi connectivity index (χ1) is 14.2. The van der Waals surface area contributed by atoms with Crippen molar-refractivity contribution in [3.05, 3.63) is 94.2 Å². The Morgan fingerprint density at radius 1 is 1.00 bits per heavy atom. The highest BCUT2D eigenvalue weighted by molar-refractivity contribution is 7.98. The molecule has 0 amide bonds. The van der Waals surface area contributed by atoms with Crippen molar-refractivity contribution < 1.29 is 0 Å². The van der Waals surface area contributed by atoms with Gasteiger partial charge in [-0.1, -0.05) is 71.4 Å². The van der Waals surface area contributed by atoms with Gasteiger partial charge in [-0.05, 0) is 29.8 Å². The van der Waals surface area contributed by atoms with Crippen molar-refractivity contribution in [1.82, 2.24) is 19.9 Å². The van der Waals surface area contributed by atoms with Crippen molar-refractivity contribution in [3.63, 3.8) is 0 Å². The molecule has 8 heteroatoms. The normalized spacial score (nSPS) is 11.2. The lowest BCUT2D eigenvalue weighted by molar-refractivity contribution is 0.772. The Bertz CT molecular complexity index is 1130. The van der Waals surface area contributed by atoms with Crippen molar-refractivity contribution in [2.45, 2.75) is 10.9 Å². The van der Waals surface area contributed by atoms with Crippen LogP contribution >= 0.6 is 35.0 Å². The summed E-state index contributed by atoms with van der Waals surface area (Å²) in [5, 5.41) is 15.0. The van der Waals surface area contributed by atoms with Gasteiger partial charge in [-0.3, -0.25) is 4.98 Å². The number of rotatable bonds is 6. The first-order valence-electron chi connectivity index (χ1n) is 8.72. The average Bonchev–Trinajstić information content (AvgIpc) is 3.16. The summed E-state index contributed by atoms with van der Waals surface area (Å²) in [6.07, 6.45) is 5.12. The van der Waals surface area contributed by atoms with Gasteiger partial charge < -0.3 is 0 Å². The summed E-state index contributed by atoms with van der Waals surface area (Å²) < 4.78 is 1.70. The Kier molecular flexibility index (Phi) is 6.24.